The highest BCUT2D eigenvalue weighted by Crippen LogP contribution is 2.25. The van der Waals surface area contributed by atoms with Gasteiger partial charge in [-0.2, -0.15) is 13.2 Å². The lowest BCUT2D eigenvalue weighted by molar-refractivity contribution is -0.205. The predicted octanol–water partition coefficient (Wildman–Crippen LogP) is 2.65. The van der Waals surface area contributed by atoms with Crippen molar-refractivity contribution in [3.05, 3.63) is 41.9 Å². The smallest absolute Gasteiger partial charge is 0.416 e. The van der Waals surface area contributed by atoms with Crippen molar-refractivity contribution in [1.29, 1.82) is 0 Å². The Labute approximate surface area is 130 Å². The first kappa shape index (κ1) is 17.0. The second-order valence-corrected chi connectivity index (χ2v) is 5.14. The van der Waals surface area contributed by atoms with E-state index in [4.69, 9.17) is 9.52 Å². The summed E-state index contributed by atoms with van der Waals surface area (Å²) in [6.07, 6.45) is -6.36. The Hall–Kier alpha value is -2.35. The lowest BCUT2D eigenvalue weighted by Crippen LogP contribution is -2.42. The molecular weight excluding hydrogens is 313 g/mol. The van der Waals surface area contributed by atoms with Gasteiger partial charge < -0.3 is 14.4 Å². The van der Waals surface area contributed by atoms with Crippen molar-refractivity contribution in [3.8, 4) is 11.3 Å². The molecule has 2 rings (SSSR count). The molecule has 1 atom stereocenters. The van der Waals surface area contributed by atoms with Crippen LogP contribution in [0.15, 0.2) is 35.1 Å². The molecule has 2 aromatic rings. The van der Waals surface area contributed by atoms with E-state index < -0.39 is 24.7 Å². The van der Waals surface area contributed by atoms with E-state index in [9.17, 15) is 18.0 Å². The van der Waals surface area contributed by atoms with Crippen LogP contribution in [0.2, 0.25) is 0 Å². The minimum absolute atomic E-state index is 0.106. The largest absolute Gasteiger partial charge is 0.443 e. The molecular formula is C15H15F3N2O3. The fourth-order valence-electron chi connectivity index (χ4n) is 1.93. The molecule has 0 saturated carbocycles. The highest BCUT2D eigenvalue weighted by molar-refractivity contribution is 5.97. The van der Waals surface area contributed by atoms with Gasteiger partial charge >= 0.3 is 6.18 Å². The Kier molecular flexibility index (Phi) is 4.74. The van der Waals surface area contributed by atoms with Crippen LogP contribution in [0.4, 0.5) is 13.2 Å². The van der Waals surface area contributed by atoms with Crippen LogP contribution in [0.25, 0.3) is 11.3 Å². The van der Waals surface area contributed by atoms with E-state index in [0.29, 0.717) is 5.56 Å². The number of carbonyl (C=O) groups excluding carboxylic acids is 1. The summed E-state index contributed by atoms with van der Waals surface area (Å²) in [5, 5.41) is 9.06. The third-order valence-corrected chi connectivity index (χ3v) is 3.26. The highest BCUT2D eigenvalue weighted by Gasteiger charge is 2.39. The van der Waals surface area contributed by atoms with Crippen molar-refractivity contribution in [2.24, 2.45) is 0 Å². The number of oxazole rings is 1. The van der Waals surface area contributed by atoms with Crippen molar-refractivity contribution in [3.63, 3.8) is 0 Å². The molecule has 0 aliphatic heterocycles. The first-order valence-electron chi connectivity index (χ1n) is 6.71. The molecule has 0 bridgehead atoms. The van der Waals surface area contributed by atoms with E-state index in [1.165, 1.54) is 0 Å². The summed E-state index contributed by atoms with van der Waals surface area (Å²) in [4.78, 5) is 16.8. The minimum Gasteiger partial charge on any atom is -0.443 e. The second-order valence-electron chi connectivity index (χ2n) is 5.14. The number of amides is 1. The van der Waals surface area contributed by atoms with Crippen LogP contribution in [0, 0.1) is 6.92 Å². The van der Waals surface area contributed by atoms with Crippen LogP contribution in [0.1, 0.15) is 16.1 Å². The molecule has 0 radical (unpaired) electrons. The number of aromatic nitrogens is 1. The average Bonchev–Trinajstić information content (AvgIpc) is 2.95. The van der Waals surface area contributed by atoms with Gasteiger partial charge in [-0.1, -0.05) is 29.8 Å². The van der Waals surface area contributed by atoms with Gasteiger partial charge in [-0.3, -0.25) is 4.79 Å². The molecule has 1 N–H and O–H groups in total. The van der Waals surface area contributed by atoms with Crippen molar-refractivity contribution in [2.75, 3.05) is 13.6 Å². The quantitative estimate of drug-likeness (QED) is 0.937. The number of benzene rings is 1. The summed E-state index contributed by atoms with van der Waals surface area (Å²) in [6.45, 7) is 1.01. The molecule has 0 aliphatic rings. The Morgan fingerprint density at radius 2 is 1.96 bits per heavy atom. The third-order valence-electron chi connectivity index (χ3n) is 3.26. The zero-order chi connectivity index (χ0) is 17.2. The number of hydrogen-bond donors (Lipinski definition) is 1. The van der Waals surface area contributed by atoms with Gasteiger partial charge in [-0.25, -0.2) is 4.98 Å². The molecule has 23 heavy (non-hydrogen) atoms. The summed E-state index contributed by atoms with van der Waals surface area (Å²) in [5.74, 6) is -0.596. The summed E-state index contributed by atoms with van der Waals surface area (Å²) in [6, 6.07) is 7.06. The van der Waals surface area contributed by atoms with Gasteiger partial charge in [0.1, 0.15) is 0 Å². The molecule has 0 spiro atoms. The standard InChI is InChI=1S/C15H15F3N2O3/c1-9-3-5-10(6-4-9)13-12(19-8-23-13)14(22)20(2)7-11(21)15(16,17)18/h3-6,8,11,21H,7H2,1-2H3. The van der Waals surface area contributed by atoms with E-state index in [-0.39, 0.29) is 11.5 Å². The van der Waals surface area contributed by atoms with Crippen molar-refractivity contribution in [2.45, 2.75) is 19.2 Å². The van der Waals surface area contributed by atoms with Crippen molar-refractivity contribution in [1.82, 2.24) is 9.88 Å². The van der Waals surface area contributed by atoms with E-state index in [1.54, 1.807) is 12.1 Å². The van der Waals surface area contributed by atoms with Crippen LogP contribution in [0.5, 0.6) is 0 Å². The van der Waals surface area contributed by atoms with E-state index in [1.807, 2.05) is 19.1 Å². The van der Waals surface area contributed by atoms with Gasteiger partial charge in [-0.15, -0.1) is 0 Å². The Morgan fingerprint density at radius 1 is 1.35 bits per heavy atom. The maximum Gasteiger partial charge on any atom is 0.416 e. The van der Waals surface area contributed by atoms with Crippen LogP contribution < -0.4 is 0 Å². The lowest BCUT2D eigenvalue weighted by atomic mass is 10.1. The SMILES string of the molecule is Cc1ccc(-c2ocnc2C(=O)N(C)CC(O)C(F)(F)F)cc1. The molecule has 5 nitrogen and oxygen atoms in total. The number of hydrogen-bond acceptors (Lipinski definition) is 4. The molecule has 1 amide bonds. The molecule has 8 heteroatoms. The maximum atomic E-state index is 12.4. The normalized spacial score (nSPS) is 13.0. The number of aliphatic hydroxyl groups is 1. The van der Waals surface area contributed by atoms with E-state index in [0.717, 1.165) is 23.9 Å². The zero-order valence-corrected chi connectivity index (χ0v) is 12.5. The van der Waals surface area contributed by atoms with Gasteiger partial charge in [0.05, 0.1) is 6.54 Å². The molecule has 1 heterocycles. The van der Waals surface area contributed by atoms with E-state index in [2.05, 4.69) is 4.98 Å². The molecule has 0 saturated heterocycles. The van der Waals surface area contributed by atoms with Crippen LogP contribution in [-0.2, 0) is 0 Å². The first-order valence-corrected chi connectivity index (χ1v) is 6.71. The first-order chi connectivity index (χ1) is 10.7. The van der Waals surface area contributed by atoms with Gasteiger partial charge in [0, 0.05) is 12.6 Å². The molecule has 0 fully saturated rings. The average molecular weight is 328 g/mol. The fourth-order valence-corrected chi connectivity index (χ4v) is 1.93. The molecule has 0 aliphatic carbocycles. The van der Waals surface area contributed by atoms with Gasteiger partial charge in [-0.05, 0) is 6.92 Å². The summed E-state index contributed by atoms with van der Waals surface area (Å²) < 4.78 is 42.3. The third kappa shape index (κ3) is 3.89. The van der Waals surface area contributed by atoms with Crippen molar-refractivity contribution >= 4 is 5.91 Å². The predicted molar refractivity (Wildman–Crippen MR) is 75.7 cm³/mol. The van der Waals surface area contributed by atoms with Gasteiger partial charge in [0.15, 0.2) is 24.0 Å². The number of aliphatic hydroxyl groups excluding tert-OH is 1. The topological polar surface area (TPSA) is 66.6 Å². The molecule has 1 unspecified atom stereocenters. The van der Waals surface area contributed by atoms with Gasteiger partial charge in [0.2, 0.25) is 0 Å². The van der Waals surface area contributed by atoms with Crippen molar-refractivity contribution < 1.29 is 27.5 Å². The van der Waals surface area contributed by atoms with Crippen LogP contribution >= 0.6 is 0 Å². The monoisotopic (exact) mass is 328 g/mol. The number of alkyl halides is 3. The molecule has 1 aromatic carbocycles. The summed E-state index contributed by atoms with van der Waals surface area (Å²) in [5.41, 5.74) is 1.48. The molecule has 1 aromatic heterocycles. The molecule has 124 valence electrons. The maximum absolute atomic E-state index is 12.4. The highest BCUT2D eigenvalue weighted by atomic mass is 19.4. The number of likely N-dealkylation sites (N-methyl/N-ethyl adjacent to an activating group) is 1. The number of halogens is 3. The zero-order valence-electron chi connectivity index (χ0n) is 12.5. The number of carbonyl (C=O) groups is 1. The minimum atomic E-state index is -4.79. The fraction of sp³-hybridized carbons (Fsp3) is 0.333. The number of aryl methyl sites for hydroxylation is 1. The van der Waals surface area contributed by atoms with Crippen LogP contribution in [0.3, 0.4) is 0 Å². The lowest BCUT2D eigenvalue weighted by Gasteiger charge is -2.21. The van der Waals surface area contributed by atoms with Crippen LogP contribution in [-0.4, -0.2) is 46.8 Å². The summed E-state index contributed by atoms with van der Waals surface area (Å²) >= 11 is 0. The summed E-state index contributed by atoms with van der Waals surface area (Å²) in [7, 11) is 1.16. The van der Waals surface area contributed by atoms with Gasteiger partial charge in [0.25, 0.3) is 5.91 Å². The Bertz CT molecular complexity index is 680. The number of nitrogens with zero attached hydrogens (tertiary/aromatic N) is 2. The Morgan fingerprint density at radius 3 is 2.52 bits per heavy atom. The second kappa shape index (κ2) is 6.41. The van der Waals surface area contributed by atoms with E-state index >= 15 is 0 Å². The number of rotatable bonds is 4. The Balaban J connectivity index is 2.21.